The Balaban J connectivity index is 0. The van der Waals surface area contributed by atoms with E-state index in [0.717, 1.165) is 0 Å². The number of halogens is 3. The van der Waals surface area contributed by atoms with Gasteiger partial charge in [0.25, 0.3) is 0 Å². The molecule has 6 heavy (non-hydrogen) atoms. The van der Waals surface area contributed by atoms with E-state index >= 15 is 0 Å². The van der Waals surface area contributed by atoms with Crippen molar-refractivity contribution in [1.29, 1.82) is 0 Å². The van der Waals surface area contributed by atoms with Gasteiger partial charge in [-0.25, -0.2) is 0 Å². The van der Waals surface area contributed by atoms with Gasteiger partial charge in [0.1, 0.15) is 0 Å². The van der Waals surface area contributed by atoms with Crippen LogP contribution in [0.2, 0.25) is 0 Å². The van der Waals surface area contributed by atoms with E-state index < -0.39 is 5.57 Å². The maximum atomic E-state index is 9.50. The van der Waals surface area contributed by atoms with Crippen LogP contribution in [0.4, 0.5) is 13.4 Å². The summed E-state index contributed by atoms with van der Waals surface area (Å²) in [4.78, 5) is 0. The van der Waals surface area contributed by atoms with Gasteiger partial charge in [0.05, 0.1) is 0 Å². The monoisotopic (exact) mass is 99.0 g/mol. The van der Waals surface area contributed by atoms with E-state index in [2.05, 4.69) is 13.2 Å². The molecular weight excluding hydrogens is 95.0 g/mol. The molecule has 0 radical (unpaired) electrons. The molecule has 0 spiro atoms. The lowest BCUT2D eigenvalue weighted by Gasteiger charge is -1.67. The summed E-state index contributed by atoms with van der Waals surface area (Å²) in [6.07, 6.45) is 0. The molecule has 0 saturated heterocycles. The maximum Gasteiger partial charge on any atom is 0.199 e. The Hall–Kier alpha value is -0.510. The summed E-state index contributed by atoms with van der Waals surface area (Å²) in [5.74, 6) is 0. The van der Waals surface area contributed by atoms with Crippen LogP contribution in [-0.2, 0) is 0 Å². The van der Waals surface area contributed by atoms with E-state index in [1.54, 1.807) is 0 Å². The second-order valence-electron chi connectivity index (χ2n) is 0.192. The summed E-state index contributed by atoms with van der Waals surface area (Å²) >= 11 is 0. The van der Waals surface area contributed by atoms with Crippen molar-refractivity contribution in [1.82, 2.24) is 5.57 Å². The highest BCUT2D eigenvalue weighted by Gasteiger charge is 1.80. The normalized spacial score (nSPS) is 6.67. The Kier molecular flexibility index (Phi) is 13.4. The standard InChI is InChI=1S/C2H4.F3N/c1-2;1-4(2)3/h1-2H2;. The SMILES string of the molecule is C=C.FN(F)F. The zero-order chi connectivity index (χ0) is 5.58. The molecule has 0 amide bonds. The smallest absolute Gasteiger partial charge is 0.106 e. The van der Waals surface area contributed by atoms with Gasteiger partial charge in [0.2, 0.25) is 0 Å². The summed E-state index contributed by atoms with van der Waals surface area (Å²) in [7, 11) is 0. The van der Waals surface area contributed by atoms with Gasteiger partial charge in [0, 0.05) is 0 Å². The summed E-state index contributed by atoms with van der Waals surface area (Å²) < 4.78 is 28.5. The summed E-state index contributed by atoms with van der Waals surface area (Å²) in [6, 6.07) is 0. The quantitative estimate of drug-likeness (QED) is 0.330. The van der Waals surface area contributed by atoms with Gasteiger partial charge in [0.15, 0.2) is 5.57 Å². The molecule has 0 fully saturated rings. The van der Waals surface area contributed by atoms with Crippen LogP contribution < -0.4 is 0 Å². The van der Waals surface area contributed by atoms with E-state index in [0.29, 0.717) is 0 Å². The highest BCUT2D eigenvalue weighted by Crippen LogP contribution is 1.82. The highest BCUT2D eigenvalue weighted by atomic mass is 19.5. The van der Waals surface area contributed by atoms with Gasteiger partial charge < -0.3 is 0 Å². The molecule has 0 bridgehead atoms. The first-order chi connectivity index (χ1) is 2.73. The number of hydrogen-bond acceptors (Lipinski definition) is 1. The molecule has 0 unspecified atom stereocenters. The second kappa shape index (κ2) is 8.82. The third-order valence-electron chi connectivity index (χ3n) is 0. The molecule has 0 aromatic carbocycles. The van der Waals surface area contributed by atoms with E-state index in [1.165, 1.54) is 0 Å². The van der Waals surface area contributed by atoms with Crippen molar-refractivity contribution < 1.29 is 13.4 Å². The van der Waals surface area contributed by atoms with Crippen LogP contribution in [0.5, 0.6) is 0 Å². The molecule has 0 heterocycles. The largest absolute Gasteiger partial charge is 0.199 e. The topological polar surface area (TPSA) is 3.24 Å². The molecule has 0 aliphatic carbocycles. The number of nitrogens with zero attached hydrogens (tertiary/aromatic N) is 1. The molecule has 0 atom stereocenters. The van der Waals surface area contributed by atoms with E-state index in [1.807, 2.05) is 0 Å². The Bertz CT molecular complexity index is 20.0. The van der Waals surface area contributed by atoms with Crippen LogP contribution in [0.15, 0.2) is 13.2 Å². The zero-order valence-electron chi connectivity index (χ0n) is 3.00. The first kappa shape index (κ1) is 9.09. The van der Waals surface area contributed by atoms with Crippen LogP contribution in [0, 0.1) is 0 Å². The third-order valence-corrected chi connectivity index (χ3v) is 0. The Morgan fingerprint density at radius 1 is 1.00 bits per heavy atom. The van der Waals surface area contributed by atoms with Gasteiger partial charge in [-0.05, 0) is 0 Å². The average molecular weight is 99.1 g/mol. The van der Waals surface area contributed by atoms with Crippen molar-refractivity contribution in [3.05, 3.63) is 13.2 Å². The average Bonchev–Trinajstić information content (AvgIpc) is 1.41. The molecule has 0 N–H and O–H groups in total. The molecule has 38 valence electrons. The van der Waals surface area contributed by atoms with Gasteiger partial charge in [-0.3, -0.25) is 0 Å². The minimum absolute atomic E-state index is 2.50. The fourth-order valence-corrected chi connectivity index (χ4v) is 0. The Morgan fingerprint density at radius 3 is 1.00 bits per heavy atom. The Morgan fingerprint density at radius 2 is 1.00 bits per heavy atom. The molecule has 0 aromatic rings. The molecule has 0 rings (SSSR count). The van der Waals surface area contributed by atoms with Crippen molar-refractivity contribution in [2.24, 2.45) is 0 Å². The lowest BCUT2D eigenvalue weighted by atomic mass is 11.3. The predicted molar refractivity (Wildman–Crippen MR) is 16.4 cm³/mol. The lowest BCUT2D eigenvalue weighted by Crippen LogP contribution is -1.72. The molecule has 0 aliphatic heterocycles. The van der Waals surface area contributed by atoms with E-state index in [4.69, 9.17) is 0 Å². The minimum atomic E-state index is -2.50. The first-order valence-corrected chi connectivity index (χ1v) is 1.01. The maximum absolute atomic E-state index is 9.50. The van der Waals surface area contributed by atoms with Crippen LogP contribution in [-0.4, -0.2) is 5.57 Å². The van der Waals surface area contributed by atoms with Crippen LogP contribution in [0.25, 0.3) is 0 Å². The lowest BCUT2D eigenvalue weighted by molar-refractivity contribution is -0.295. The van der Waals surface area contributed by atoms with Gasteiger partial charge in [-0.2, -0.15) is 0 Å². The van der Waals surface area contributed by atoms with Crippen LogP contribution in [0.1, 0.15) is 0 Å². The number of rotatable bonds is 0. The molecule has 4 heteroatoms. The van der Waals surface area contributed by atoms with Crippen molar-refractivity contribution in [3.63, 3.8) is 0 Å². The van der Waals surface area contributed by atoms with Crippen molar-refractivity contribution in [2.45, 2.75) is 0 Å². The zero-order valence-corrected chi connectivity index (χ0v) is 3.00. The summed E-state index contributed by atoms with van der Waals surface area (Å²) in [5, 5.41) is 0. The third kappa shape index (κ3) is 83.2. The minimum Gasteiger partial charge on any atom is -0.106 e. The fourth-order valence-electron chi connectivity index (χ4n) is 0. The molecular formula is C2H4F3N. The van der Waals surface area contributed by atoms with Gasteiger partial charge in [-0.15, -0.1) is 13.2 Å². The molecule has 0 aliphatic rings. The van der Waals surface area contributed by atoms with Crippen molar-refractivity contribution in [2.75, 3.05) is 0 Å². The molecule has 0 aromatic heterocycles. The van der Waals surface area contributed by atoms with Crippen molar-refractivity contribution in [3.8, 4) is 0 Å². The summed E-state index contributed by atoms with van der Waals surface area (Å²) in [5.41, 5.74) is -2.50. The van der Waals surface area contributed by atoms with E-state index in [-0.39, 0.29) is 0 Å². The van der Waals surface area contributed by atoms with Crippen molar-refractivity contribution >= 4 is 0 Å². The molecule has 1 nitrogen and oxygen atoms in total. The van der Waals surface area contributed by atoms with Gasteiger partial charge in [-0.1, -0.05) is 13.4 Å². The predicted octanol–water partition coefficient (Wildman–Crippen LogP) is 1.74. The highest BCUT2D eigenvalue weighted by molar-refractivity contribution is 4.22. The first-order valence-electron chi connectivity index (χ1n) is 1.01. The van der Waals surface area contributed by atoms with E-state index in [9.17, 15) is 13.4 Å². The summed E-state index contributed by atoms with van der Waals surface area (Å²) in [6.45, 7) is 6.00. The number of hydrogen-bond donors (Lipinski definition) is 0. The second-order valence-corrected chi connectivity index (χ2v) is 0.192. The Labute approximate surface area is 33.5 Å². The molecule has 0 saturated carbocycles. The van der Waals surface area contributed by atoms with Gasteiger partial charge >= 0.3 is 0 Å². The van der Waals surface area contributed by atoms with Crippen LogP contribution >= 0.6 is 0 Å². The van der Waals surface area contributed by atoms with Crippen LogP contribution in [0.3, 0.4) is 0 Å². The fraction of sp³-hybridized carbons (Fsp3) is 0.